The van der Waals surface area contributed by atoms with Crippen molar-refractivity contribution >= 4 is 11.9 Å². The highest BCUT2D eigenvalue weighted by Crippen LogP contribution is 2.30. The van der Waals surface area contributed by atoms with Crippen molar-refractivity contribution in [1.29, 1.82) is 0 Å². The average molecular weight is 343 g/mol. The normalized spacial score (nSPS) is 14.5. The Balaban J connectivity index is 1.87. The monoisotopic (exact) mass is 343 g/mol. The van der Waals surface area contributed by atoms with E-state index in [9.17, 15) is 22.8 Å². The molecule has 24 heavy (non-hydrogen) atoms. The van der Waals surface area contributed by atoms with Crippen molar-refractivity contribution in [3.05, 3.63) is 35.4 Å². The third kappa shape index (κ3) is 6.22. The summed E-state index contributed by atoms with van der Waals surface area (Å²) in [6.07, 6.45) is -2.82. The van der Waals surface area contributed by atoms with Crippen LogP contribution in [0.5, 0.6) is 0 Å². The summed E-state index contributed by atoms with van der Waals surface area (Å²) in [6.45, 7) is 0.101. The molecule has 4 nitrogen and oxygen atoms in total. The van der Waals surface area contributed by atoms with E-state index in [1.165, 1.54) is 17.0 Å². The summed E-state index contributed by atoms with van der Waals surface area (Å²) in [5.41, 5.74) is 0.946. The van der Waals surface area contributed by atoms with Crippen LogP contribution in [-0.4, -0.2) is 41.1 Å². The summed E-state index contributed by atoms with van der Waals surface area (Å²) in [5, 5.41) is 8.83. The van der Waals surface area contributed by atoms with Gasteiger partial charge in [-0.1, -0.05) is 12.1 Å². The number of carbonyl (C=O) groups is 2. The first-order valence-electron chi connectivity index (χ1n) is 7.91. The molecule has 0 aliphatic heterocycles. The smallest absolute Gasteiger partial charge is 0.390 e. The van der Waals surface area contributed by atoms with Gasteiger partial charge < -0.3 is 10.0 Å². The van der Waals surface area contributed by atoms with Crippen molar-refractivity contribution in [2.75, 3.05) is 13.1 Å². The van der Waals surface area contributed by atoms with Crippen LogP contribution in [0.1, 0.15) is 41.6 Å². The van der Waals surface area contributed by atoms with Gasteiger partial charge in [0.1, 0.15) is 0 Å². The summed E-state index contributed by atoms with van der Waals surface area (Å²) in [4.78, 5) is 24.3. The zero-order valence-corrected chi connectivity index (χ0v) is 13.2. The lowest BCUT2D eigenvalue weighted by Crippen LogP contribution is -2.36. The van der Waals surface area contributed by atoms with Gasteiger partial charge in [0.15, 0.2) is 0 Å². The predicted molar refractivity (Wildman–Crippen MR) is 81.7 cm³/mol. The molecule has 0 aromatic heterocycles. The van der Waals surface area contributed by atoms with E-state index < -0.39 is 18.6 Å². The van der Waals surface area contributed by atoms with Crippen LogP contribution in [0.15, 0.2) is 24.3 Å². The number of carboxylic acids is 1. The molecular formula is C17H20F3NO3. The third-order valence-corrected chi connectivity index (χ3v) is 4.02. The topological polar surface area (TPSA) is 57.6 Å². The second-order valence-electron chi connectivity index (χ2n) is 6.15. The van der Waals surface area contributed by atoms with Gasteiger partial charge in [0.25, 0.3) is 0 Å². The minimum Gasteiger partial charge on any atom is -0.478 e. The number of nitrogens with zero attached hydrogens (tertiary/aromatic N) is 1. The van der Waals surface area contributed by atoms with E-state index in [-0.39, 0.29) is 24.4 Å². The molecule has 1 aromatic carbocycles. The number of benzene rings is 1. The first kappa shape index (κ1) is 18.3. The maximum atomic E-state index is 12.4. The van der Waals surface area contributed by atoms with Crippen LogP contribution in [0.2, 0.25) is 0 Å². The van der Waals surface area contributed by atoms with Gasteiger partial charge in [0, 0.05) is 19.5 Å². The SMILES string of the molecule is O=C(O)c1ccc(CCC(=O)N(CCC(F)(F)F)CC2CC2)cc1. The van der Waals surface area contributed by atoms with Crippen LogP contribution in [-0.2, 0) is 11.2 Å². The Morgan fingerprint density at radius 3 is 2.29 bits per heavy atom. The largest absolute Gasteiger partial charge is 0.478 e. The van der Waals surface area contributed by atoms with E-state index in [1.807, 2.05) is 0 Å². The molecule has 1 fully saturated rings. The molecule has 0 bridgehead atoms. The molecule has 1 aliphatic rings. The number of carbonyl (C=O) groups excluding carboxylic acids is 1. The highest BCUT2D eigenvalue weighted by molar-refractivity contribution is 5.87. The Labute approximate surface area is 138 Å². The van der Waals surface area contributed by atoms with Crippen LogP contribution in [0.4, 0.5) is 13.2 Å². The Hall–Kier alpha value is -2.05. The maximum Gasteiger partial charge on any atom is 0.390 e. The Kier molecular flexibility index (Phi) is 5.85. The molecular weight excluding hydrogens is 323 g/mol. The zero-order valence-electron chi connectivity index (χ0n) is 13.2. The molecule has 1 N–H and O–H groups in total. The molecule has 0 radical (unpaired) electrons. The zero-order chi connectivity index (χ0) is 17.7. The molecule has 2 rings (SSSR count). The number of rotatable bonds is 8. The lowest BCUT2D eigenvalue weighted by molar-refractivity contribution is -0.145. The number of aryl methyl sites for hydroxylation is 1. The molecule has 1 aliphatic carbocycles. The van der Waals surface area contributed by atoms with Gasteiger partial charge in [-0.3, -0.25) is 4.79 Å². The number of halogens is 3. The molecule has 1 amide bonds. The summed E-state index contributed by atoms with van der Waals surface area (Å²) in [7, 11) is 0. The quantitative estimate of drug-likeness (QED) is 0.786. The van der Waals surface area contributed by atoms with E-state index >= 15 is 0 Å². The predicted octanol–water partition coefficient (Wildman–Crippen LogP) is 3.51. The van der Waals surface area contributed by atoms with E-state index in [4.69, 9.17) is 5.11 Å². The summed E-state index contributed by atoms with van der Waals surface area (Å²) >= 11 is 0. The van der Waals surface area contributed by atoms with Crippen LogP contribution in [0.3, 0.4) is 0 Å². The molecule has 132 valence electrons. The fourth-order valence-corrected chi connectivity index (χ4v) is 2.42. The Morgan fingerprint density at radius 2 is 1.79 bits per heavy atom. The van der Waals surface area contributed by atoms with Crippen molar-refractivity contribution in [1.82, 2.24) is 4.90 Å². The first-order chi connectivity index (χ1) is 11.2. The lowest BCUT2D eigenvalue weighted by atomic mass is 10.1. The number of carboxylic acid groups (broad SMARTS) is 1. The second kappa shape index (κ2) is 7.68. The Bertz CT molecular complexity index is 580. The number of alkyl halides is 3. The Morgan fingerprint density at radius 1 is 1.17 bits per heavy atom. The van der Waals surface area contributed by atoms with E-state index in [2.05, 4.69) is 0 Å². The van der Waals surface area contributed by atoms with Crippen LogP contribution in [0.25, 0.3) is 0 Å². The molecule has 1 saturated carbocycles. The van der Waals surface area contributed by atoms with Gasteiger partial charge in [-0.25, -0.2) is 4.79 Å². The molecule has 0 spiro atoms. The molecule has 7 heteroatoms. The van der Waals surface area contributed by atoms with E-state index in [0.717, 1.165) is 18.4 Å². The summed E-state index contributed by atoms with van der Waals surface area (Å²) < 4.78 is 37.2. The fraction of sp³-hybridized carbons (Fsp3) is 0.529. The van der Waals surface area contributed by atoms with Gasteiger partial charge in [-0.05, 0) is 42.9 Å². The highest BCUT2D eigenvalue weighted by atomic mass is 19.4. The van der Waals surface area contributed by atoms with E-state index in [1.54, 1.807) is 12.1 Å². The van der Waals surface area contributed by atoms with Crippen LogP contribution < -0.4 is 0 Å². The number of amides is 1. The minimum atomic E-state index is -4.27. The second-order valence-corrected chi connectivity index (χ2v) is 6.15. The third-order valence-electron chi connectivity index (χ3n) is 4.02. The van der Waals surface area contributed by atoms with Gasteiger partial charge >= 0.3 is 12.1 Å². The number of hydrogen-bond donors (Lipinski definition) is 1. The van der Waals surface area contributed by atoms with Gasteiger partial charge in [-0.2, -0.15) is 13.2 Å². The summed E-state index contributed by atoms with van der Waals surface area (Å²) in [6, 6.07) is 6.15. The molecule has 1 aromatic rings. The van der Waals surface area contributed by atoms with Gasteiger partial charge in [0.05, 0.1) is 12.0 Å². The van der Waals surface area contributed by atoms with Crippen LogP contribution in [0, 0.1) is 5.92 Å². The molecule has 0 saturated heterocycles. The van der Waals surface area contributed by atoms with E-state index in [0.29, 0.717) is 18.9 Å². The number of aromatic carboxylic acids is 1. The lowest BCUT2D eigenvalue weighted by Gasteiger charge is -2.23. The maximum absolute atomic E-state index is 12.4. The average Bonchev–Trinajstić information content (AvgIpc) is 3.32. The van der Waals surface area contributed by atoms with Crippen molar-refractivity contribution in [3.8, 4) is 0 Å². The van der Waals surface area contributed by atoms with Crippen molar-refractivity contribution < 1.29 is 27.9 Å². The van der Waals surface area contributed by atoms with Crippen LogP contribution >= 0.6 is 0 Å². The number of hydrogen-bond acceptors (Lipinski definition) is 2. The van der Waals surface area contributed by atoms with Crippen molar-refractivity contribution in [2.45, 2.75) is 38.3 Å². The van der Waals surface area contributed by atoms with Gasteiger partial charge in [-0.15, -0.1) is 0 Å². The first-order valence-corrected chi connectivity index (χ1v) is 7.91. The molecule has 0 atom stereocenters. The van der Waals surface area contributed by atoms with Crippen molar-refractivity contribution in [2.24, 2.45) is 5.92 Å². The van der Waals surface area contributed by atoms with Gasteiger partial charge in [0.2, 0.25) is 5.91 Å². The standard InChI is InChI=1S/C17H20F3NO3/c18-17(19,20)9-10-21(11-13-1-2-13)15(22)8-5-12-3-6-14(7-4-12)16(23)24/h3-4,6-7,13H,1-2,5,8-11H2,(H,23,24). The molecule has 0 heterocycles. The fourth-order valence-electron chi connectivity index (χ4n) is 2.42. The minimum absolute atomic E-state index is 0.122. The summed E-state index contributed by atoms with van der Waals surface area (Å²) in [5.74, 6) is -0.981. The van der Waals surface area contributed by atoms with Crippen molar-refractivity contribution in [3.63, 3.8) is 0 Å². The molecule has 0 unspecified atom stereocenters. The highest BCUT2D eigenvalue weighted by Gasteiger charge is 2.31.